The third-order valence-corrected chi connectivity index (χ3v) is 4.68. The van der Waals surface area contributed by atoms with E-state index in [9.17, 15) is 0 Å². The summed E-state index contributed by atoms with van der Waals surface area (Å²) in [5.74, 6) is 2.56. The number of hydrogen-bond donors (Lipinski definition) is 2. The summed E-state index contributed by atoms with van der Waals surface area (Å²) in [7, 11) is 5.86. The molecule has 0 aromatic heterocycles. The molecule has 2 rings (SSSR count). The number of ether oxygens (including phenoxy) is 2. The highest BCUT2D eigenvalue weighted by Crippen LogP contribution is 2.28. The van der Waals surface area contributed by atoms with Crippen LogP contribution in [0, 0.1) is 5.92 Å². The third kappa shape index (κ3) is 8.18. The Bertz CT molecular complexity index is 573. The number of aliphatic imine (C=N–C) groups is 1. The number of nitrogens with one attached hydrogen (secondary N) is 2. The second-order valence-corrected chi connectivity index (χ2v) is 7.27. The predicted octanol–water partition coefficient (Wildman–Crippen LogP) is 2.67. The maximum atomic E-state index is 5.69. The van der Waals surface area contributed by atoms with E-state index in [1.165, 1.54) is 18.4 Å². The van der Waals surface area contributed by atoms with E-state index in [-0.39, 0.29) is 6.04 Å². The minimum absolute atomic E-state index is 0.192. The Kier molecular flexibility index (Phi) is 9.42. The predicted molar refractivity (Wildman–Crippen MR) is 112 cm³/mol. The lowest BCUT2D eigenvalue weighted by molar-refractivity contribution is 0.123. The van der Waals surface area contributed by atoms with Crippen LogP contribution in [-0.2, 0) is 4.74 Å². The molecule has 1 atom stereocenters. The molecule has 1 aliphatic carbocycles. The van der Waals surface area contributed by atoms with Gasteiger partial charge in [0.25, 0.3) is 0 Å². The maximum absolute atomic E-state index is 5.69. The van der Waals surface area contributed by atoms with Gasteiger partial charge in [0.15, 0.2) is 5.96 Å². The molecule has 1 unspecified atom stereocenters. The van der Waals surface area contributed by atoms with E-state index in [2.05, 4.69) is 48.7 Å². The van der Waals surface area contributed by atoms with E-state index in [1.807, 2.05) is 12.1 Å². The Hall–Kier alpha value is -1.79. The van der Waals surface area contributed by atoms with Gasteiger partial charge in [0.05, 0.1) is 19.7 Å². The van der Waals surface area contributed by atoms with Gasteiger partial charge in [-0.15, -0.1) is 0 Å². The Labute approximate surface area is 164 Å². The molecule has 1 fully saturated rings. The summed E-state index contributed by atoms with van der Waals surface area (Å²) in [4.78, 5) is 6.98. The summed E-state index contributed by atoms with van der Waals surface area (Å²) < 4.78 is 11.1. The first kappa shape index (κ1) is 21.5. The highest BCUT2D eigenvalue weighted by molar-refractivity contribution is 5.79. The van der Waals surface area contributed by atoms with Crippen molar-refractivity contribution in [2.24, 2.45) is 10.9 Å². The zero-order valence-corrected chi connectivity index (χ0v) is 17.3. The number of guanidine groups is 1. The van der Waals surface area contributed by atoms with Crippen molar-refractivity contribution >= 4 is 5.96 Å². The summed E-state index contributed by atoms with van der Waals surface area (Å²) in [5, 5.41) is 6.73. The van der Waals surface area contributed by atoms with Crippen molar-refractivity contribution in [1.29, 1.82) is 0 Å². The Morgan fingerprint density at radius 1 is 1.30 bits per heavy atom. The normalized spacial score (nSPS) is 15.7. The van der Waals surface area contributed by atoms with Crippen molar-refractivity contribution in [1.82, 2.24) is 15.5 Å². The first-order chi connectivity index (χ1) is 13.1. The van der Waals surface area contributed by atoms with Gasteiger partial charge in [-0.1, -0.05) is 12.1 Å². The van der Waals surface area contributed by atoms with Gasteiger partial charge in [-0.3, -0.25) is 4.99 Å². The molecular weight excluding hydrogens is 340 g/mol. The lowest BCUT2D eigenvalue weighted by Gasteiger charge is -2.24. The van der Waals surface area contributed by atoms with E-state index in [0.29, 0.717) is 6.54 Å². The van der Waals surface area contributed by atoms with Gasteiger partial charge < -0.3 is 25.0 Å². The van der Waals surface area contributed by atoms with Crippen LogP contribution in [-0.4, -0.2) is 64.9 Å². The van der Waals surface area contributed by atoms with Gasteiger partial charge in [0.1, 0.15) is 5.75 Å². The standard InChI is InChI=1S/C21H36N4O2/c1-5-22-21(23-12-7-13-27-16-17-10-11-17)24-15-20(25(2)3)18-8-6-9-19(14-18)26-4/h6,8-9,14,17,20H,5,7,10-13,15-16H2,1-4H3,(H2,22,23,24). The van der Waals surface area contributed by atoms with Crippen molar-refractivity contribution in [3.8, 4) is 5.75 Å². The number of methoxy groups -OCH3 is 1. The van der Waals surface area contributed by atoms with Crippen LogP contribution in [0.4, 0.5) is 0 Å². The fourth-order valence-corrected chi connectivity index (χ4v) is 2.85. The van der Waals surface area contributed by atoms with Crippen LogP contribution < -0.4 is 15.4 Å². The van der Waals surface area contributed by atoms with Gasteiger partial charge in [0, 0.05) is 26.3 Å². The molecule has 0 saturated heterocycles. The molecule has 0 aliphatic heterocycles. The van der Waals surface area contributed by atoms with Gasteiger partial charge >= 0.3 is 0 Å². The maximum Gasteiger partial charge on any atom is 0.191 e. The molecule has 1 saturated carbocycles. The van der Waals surface area contributed by atoms with E-state index in [1.54, 1.807) is 7.11 Å². The monoisotopic (exact) mass is 376 g/mol. The topological polar surface area (TPSA) is 58.1 Å². The molecule has 0 spiro atoms. The van der Waals surface area contributed by atoms with E-state index in [4.69, 9.17) is 14.5 Å². The molecule has 27 heavy (non-hydrogen) atoms. The minimum atomic E-state index is 0.192. The second-order valence-electron chi connectivity index (χ2n) is 7.27. The van der Waals surface area contributed by atoms with E-state index in [0.717, 1.165) is 50.4 Å². The number of nitrogens with zero attached hydrogens (tertiary/aromatic N) is 2. The van der Waals surface area contributed by atoms with Crippen LogP contribution in [0.5, 0.6) is 5.75 Å². The molecule has 0 amide bonds. The van der Waals surface area contributed by atoms with Crippen molar-refractivity contribution < 1.29 is 9.47 Å². The molecule has 1 aromatic carbocycles. The zero-order chi connectivity index (χ0) is 19.5. The highest BCUT2D eigenvalue weighted by atomic mass is 16.5. The van der Waals surface area contributed by atoms with Crippen LogP contribution in [0.15, 0.2) is 29.3 Å². The molecule has 1 aliphatic rings. The first-order valence-electron chi connectivity index (χ1n) is 10.0. The molecule has 0 radical (unpaired) electrons. The average Bonchev–Trinajstić information content (AvgIpc) is 3.48. The van der Waals surface area contributed by atoms with Gasteiger partial charge in [-0.25, -0.2) is 0 Å². The Morgan fingerprint density at radius 2 is 2.11 bits per heavy atom. The SMILES string of the molecule is CCNC(=NCC(c1cccc(OC)c1)N(C)C)NCCCOCC1CC1. The zero-order valence-electron chi connectivity index (χ0n) is 17.3. The van der Waals surface area contributed by atoms with Gasteiger partial charge in [-0.2, -0.15) is 0 Å². The van der Waals surface area contributed by atoms with Crippen molar-refractivity contribution in [3.63, 3.8) is 0 Å². The third-order valence-electron chi connectivity index (χ3n) is 4.68. The molecule has 152 valence electrons. The molecule has 0 heterocycles. The molecule has 0 bridgehead atoms. The number of rotatable bonds is 12. The van der Waals surface area contributed by atoms with Gasteiger partial charge in [0.2, 0.25) is 0 Å². The second kappa shape index (κ2) is 11.8. The summed E-state index contributed by atoms with van der Waals surface area (Å²) in [5.41, 5.74) is 1.20. The smallest absolute Gasteiger partial charge is 0.191 e. The lowest BCUT2D eigenvalue weighted by atomic mass is 10.1. The lowest BCUT2D eigenvalue weighted by Crippen LogP contribution is -2.38. The number of hydrogen-bond acceptors (Lipinski definition) is 4. The van der Waals surface area contributed by atoms with Gasteiger partial charge in [-0.05, 0) is 63.9 Å². The summed E-state index contributed by atoms with van der Waals surface area (Å²) >= 11 is 0. The molecular formula is C21H36N4O2. The summed E-state index contributed by atoms with van der Waals surface area (Å²) in [6, 6.07) is 8.39. The van der Waals surface area contributed by atoms with Crippen LogP contribution in [0.1, 0.15) is 37.8 Å². The first-order valence-corrected chi connectivity index (χ1v) is 10.0. The molecule has 6 nitrogen and oxygen atoms in total. The van der Waals surface area contributed by atoms with Crippen LogP contribution in [0.2, 0.25) is 0 Å². The molecule has 1 aromatic rings. The number of likely N-dealkylation sites (N-methyl/N-ethyl adjacent to an activating group) is 1. The largest absolute Gasteiger partial charge is 0.497 e. The van der Waals surface area contributed by atoms with E-state index < -0.39 is 0 Å². The fourth-order valence-electron chi connectivity index (χ4n) is 2.85. The van der Waals surface area contributed by atoms with E-state index >= 15 is 0 Å². The minimum Gasteiger partial charge on any atom is -0.497 e. The molecule has 6 heteroatoms. The Balaban J connectivity index is 1.84. The van der Waals surface area contributed by atoms with Crippen LogP contribution >= 0.6 is 0 Å². The summed E-state index contributed by atoms with van der Waals surface area (Å²) in [6.45, 7) is 6.21. The Morgan fingerprint density at radius 3 is 2.78 bits per heavy atom. The molecule has 2 N–H and O–H groups in total. The summed E-state index contributed by atoms with van der Waals surface area (Å²) in [6.07, 6.45) is 3.68. The van der Waals surface area contributed by atoms with Crippen molar-refractivity contribution in [2.75, 3.05) is 54.1 Å². The van der Waals surface area contributed by atoms with Crippen LogP contribution in [0.25, 0.3) is 0 Å². The van der Waals surface area contributed by atoms with Crippen LogP contribution in [0.3, 0.4) is 0 Å². The highest BCUT2D eigenvalue weighted by Gasteiger charge is 2.20. The quantitative estimate of drug-likeness (QED) is 0.334. The fraction of sp³-hybridized carbons (Fsp3) is 0.667. The van der Waals surface area contributed by atoms with Crippen molar-refractivity contribution in [2.45, 2.75) is 32.2 Å². The number of benzene rings is 1. The average molecular weight is 377 g/mol. The van der Waals surface area contributed by atoms with Crippen molar-refractivity contribution in [3.05, 3.63) is 29.8 Å².